The summed E-state index contributed by atoms with van der Waals surface area (Å²) in [5.74, 6) is 2.12. The number of hydrogen-bond donors (Lipinski definition) is 3. The van der Waals surface area contributed by atoms with Crippen LogP contribution in [0, 0.1) is 0 Å². The lowest BCUT2D eigenvalue weighted by Gasteiger charge is -2.33. The zero-order chi connectivity index (χ0) is 21.9. The Morgan fingerprint density at radius 2 is 2.06 bits per heavy atom. The summed E-state index contributed by atoms with van der Waals surface area (Å²) in [7, 11) is 1.62. The van der Waals surface area contributed by atoms with Gasteiger partial charge < -0.3 is 25.2 Å². The molecule has 3 rings (SSSR count). The summed E-state index contributed by atoms with van der Waals surface area (Å²) in [5, 5.41) is 20.3. The van der Waals surface area contributed by atoms with Crippen molar-refractivity contribution in [1.29, 1.82) is 0 Å². The van der Waals surface area contributed by atoms with E-state index in [9.17, 15) is 0 Å². The van der Waals surface area contributed by atoms with Crippen LogP contribution in [0.2, 0.25) is 0 Å². The number of rotatable bonds is 10. The van der Waals surface area contributed by atoms with Crippen molar-refractivity contribution in [3.63, 3.8) is 0 Å². The number of nitrogens with one attached hydrogen (secondary N) is 2. The lowest BCUT2D eigenvalue weighted by atomic mass is 10.0. The first kappa shape index (κ1) is 23.4. The molecule has 1 aromatic heterocycles. The van der Waals surface area contributed by atoms with Crippen LogP contribution in [0.3, 0.4) is 0 Å². The number of aliphatic imine (C=N–C) groups is 1. The van der Waals surface area contributed by atoms with Gasteiger partial charge in [-0.05, 0) is 59.9 Å². The molecular weight excluding hydrogens is 412 g/mol. The highest BCUT2D eigenvalue weighted by atomic mass is 32.1. The van der Waals surface area contributed by atoms with E-state index in [1.165, 1.54) is 5.56 Å². The maximum Gasteiger partial charge on any atom is 0.191 e. The molecule has 0 atom stereocenters. The number of hydrogen-bond acceptors (Lipinski definition) is 6. The highest BCUT2D eigenvalue weighted by Crippen LogP contribution is 2.28. The van der Waals surface area contributed by atoms with Crippen LogP contribution >= 0.6 is 11.3 Å². The molecule has 0 bridgehead atoms. The average molecular weight is 447 g/mol. The molecule has 0 saturated carbocycles. The number of aliphatic hydroxyl groups is 1. The minimum Gasteiger partial charge on any atom is -0.493 e. The summed E-state index contributed by atoms with van der Waals surface area (Å²) in [4.78, 5) is 7.30. The van der Waals surface area contributed by atoms with Crippen molar-refractivity contribution < 1.29 is 14.6 Å². The van der Waals surface area contributed by atoms with E-state index in [2.05, 4.69) is 39.3 Å². The van der Waals surface area contributed by atoms with Crippen LogP contribution in [-0.2, 0) is 13.1 Å². The Morgan fingerprint density at radius 3 is 2.74 bits per heavy atom. The lowest BCUT2D eigenvalue weighted by Crippen LogP contribution is -2.48. The second-order valence-corrected chi connectivity index (χ2v) is 8.36. The molecule has 2 aromatic rings. The molecule has 1 aliphatic heterocycles. The Hall–Kier alpha value is -2.29. The Morgan fingerprint density at radius 1 is 1.23 bits per heavy atom. The van der Waals surface area contributed by atoms with E-state index < -0.39 is 0 Å². The van der Waals surface area contributed by atoms with Gasteiger partial charge in [-0.3, -0.25) is 4.90 Å². The Kier molecular flexibility index (Phi) is 9.45. The van der Waals surface area contributed by atoms with E-state index in [0.29, 0.717) is 24.1 Å². The van der Waals surface area contributed by atoms with Gasteiger partial charge in [0.15, 0.2) is 17.5 Å². The van der Waals surface area contributed by atoms with Crippen molar-refractivity contribution in [2.24, 2.45) is 4.99 Å². The molecule has 7 nitrogen and oxygen atoms in total. The number of likely N-dealkylation sites (tertiary alicyclic amines) is 1. The van der Waals surface area contributed by atoms with Crippen molar-refractivity contribution in [2.75, 3.05) is 40.0 Å². The largest absolute Gasteiger partial charge is 0.493 e. The van der Waals surface area contributed by atoms with E-state index >= 15 is 0 Å². The van der Waals surface area contributed by atoms with Crippen LogP contribution < -0.4 is 20.1 Å². The van der Waals surface area contributed by atoms with Crippen molar-refractivity contribution in [1.82, 2.24) is 15.5 Å². The molecule has 0 unspecified atom stereocenters. The maximum absolute atomic E-state index is 8.95. The topological polar surface area (TPSA) is 78.4 Å². The van der Waals surface area contributed by atoms with E-state index in [1.807, 2.05) is 18.2 Å². The number of ether oxygens (including phenoxy) is 2. The third-order valence-electron chi connectivity index (χ3n) is 5.26. The molecule has 0 radical (unpaired) electrons. The van der Waals surface area contributed by atoms with Gasteiger partial charge in [0.25, 0.3) is 0 Å². The van der Waals surface area contributed by atoms with E-state index in [4.69, 9.17) is 19.6 Å². The van der Waals surface area contributed by atoms with Gasteiger partial charge in [-0.15, -0.1) is 0 Å². The quantitative estimate of drug-likeness (QED) is 0.385. The van der Waals surface area contributed by atoms with Gasteiger partial charge >= 0.3 is 0 Å². The number of aliphatic hydroxyl groups excluding tert-OH is 1. The second kappa shape index (κ2) is 12.5. The van der Waals surface area contributed by atoms with Crippen molar-refractivity contribution in [3.05, 3.63) is 46.2 Å². The highest BCUT2D eigenvalue weighted by Gasteiger charge is 2.20. The molecule has 0 aliphatic carbocycles. The van der Waals surface area contributed by atoms with E-state index in [0.717, 1.165) is 50.5 Å². The number of nitrogens with zero attached hydrogens (tertiary/aromatic N) is 2. The number of guanidine groups is 1. The minimum atomic E-state index is -0.0280. The van der Waals surface area contributed by atoms with Crippen LogP contribution in [-0.4, -0.2) is 62.0 Å². The lowest BCUT2D eigenvalue weighted by molar-refractivity contribution is 0.196. The van der Waals surface area contributed by atoms with E-state index in [1.54, 1.807) is 18.4 Å². The third-order valence-corrected chi connectivity index (χ3v) is 5.99. The summed E-state index contributed by atoms with van der Waals surface area (Å²) >= 11 is 1.76. The van der Waals surface area contributed by atoms with Crippen LogP contribution in [0.25, 0.3) is 0 Å². The molecule has 0 amide bonds. The van der Waals surface area contributed by atoms with Crippen LogP contribution in [0.5, 0.6) is 11.5 Å². The number of thiophene rings is 1. The molecule has 8 heteroatoms. The van der Waals surface area contributed by atoms with Gasteiger partial charge in [-0.25, -0.2) is 4.99 Å². The summed E-state index contributed by atoms with van der Waals surface area (Å²) in [6.45, 7) is 6.90. The smallest absolute Gasteiger partial charge is 0.191 e. The molecule has 170 valence electrons. The monoisotopic (exact) mass is 446 g/mol. The first-order valence-corrected chi connectivity index (χ1v) is 11.8. The molecule has 0 spiro atoms. The fourth-order valence-corrected chi connectivity index (χ4v) is 4.30. The normalized spacial score (nSPS) is 15.6. The molecule has 1 saturated heterocycles. The number of methoxy groups -OCH3 is 1. The SMILES string of the molecule is CCNC(=NCc1ccc(OCCO)c(OC)c1)NC1CCN(Cc2ccsc2)CC1. The Labute approximate surface area is 189 Å². The van der Waals surface area contributed by atoms with Gasteiger partial charge in [-0.1, -0.05) is 6.07 Å². The standard InChI is InChI=1S/C23H34N4O3S/c1-3-24-23(25-15-18-4-5-21(30-12-11-28)22(14-18)29-2)26-20-6-9-27(10-7-20)16-19-8-13-31-17-19/h4-5,8,13-14,17,20,28H,3,6-7,9-12,15-16H2,1-2H3,(H2,24,25,26). The van der Waals surface area contributed by atoms with Crippen LogP contribution in [0.1, 0.15) is 30.9 Å². The van der Waals surface area contributed by atoms with Crippen LogP contribution in [0.15, 0.2) is 40.0 Å². The Balaban J connectivity index is 1.53. The maximum atomic E-state index is 8.95. The summed E-state index contributed by atoms with van der Waals surface area (Å²) in [5.41, 5.74) is 2.45. The molecule has 1 aromatic carbocycles. The summed E-state index contributed by atoms with van der Waals surface area (Å²) in [6.07, 6.45) is 2.22. The third kappa shape index (κ3) is 7.41. The van der Waals surface area contributed by atoms with Crippen LogP contribution in [0.4, 0.5) is 0 Å². The van der Waals surface area contributed by atoms with Gasteiger partial charge in [0.05, 0.1) is 20.3 Å². The second-order valence-electron chi connectivity index (χ2n) is 7.58. The fourth-order valence-electron chi connectivity index (χ4n) is 3.65. The van der Waals surface area contributed by atoms with Crippen molar-refractivity contribution >= 4 is 17.3 Å². The number of benzene rings is 1. The zero-order valence-corrected chi connectivity index (χ0v) is 19.3. The minimum absolute atomic E-state index is 0.0280. The molecule has 31 heavy (non-hydrogen) atoms. The first-order chi connectivity index (χ1) is 15.2. The predicted octanol–water partition coefficient (Wildman–Crippen LogP) is 2.85. The molecule has 2 heterocycles. The van der Waals surface area contributed by atoms with Gasteiger partial charge in [0.2, 0.25) is 0 Å². The molecule has 3 N–H and O–H groups in total. The molecule has 1 aliphatic rings. The van der Waals surface area contributed by atoms with Gasteiger partial charge in [-0.2, -0.15) is 11.3 Å². The van der Waals surface area contributed by atoms with Crippen molar-refractivity contribution in [3.8, 4) is 11.5 Å². The first-order valence-electron chi connectivity index (χ1n) is 10.9. The zero-order valence-electron chi connectivity index (χ0n) is 18.5. The fraction of sp³-hybridized carbons (Fsp3) is 0.522. The number of piperidine rings is 1. The highest BCUT2D eigenvalue weighted by molar-refractivity contribution is 7.07. The molecular formula is C23H34N4O3S. The molecule has 1 fully saturated rings. The van der Waals surface area contributed by atoms with E-state index in [-0.39, 0.29) is 13.2 Å². The predicted molar refractivity (Wildman–Crippen MR) is 126 cm³/mol. The van der Waals surface area contributed by atoms with Crippen molar-refractivity contribution in [2.45, 2.75) is 38.9 Å². The average Bonchev–Trinajstić information content (AvgIpc) is 3.31. The van der Waals surface area contributed by atoms with Gasteiger partial charge in [0, 0.05) is 32.2 Å². The Bertz CT molecular complexity index is 805. The van der Waals surface area contributed by atoms with Gasteiger partial charge in [0.1, 0.15) is 6.61 Å². The summed E-state index contributed by atoms with van der Waals surface area (Å²) < 4.78 is 10.9. The summed E-state index contributed by atoms with van der Waals surface area (Å²) in [6, 6.07) is 8.42.